The molecular formula is C30H32N6O3S. The van der Waals surface area contributed by atoms with Gasteiger partial charge in [0.15, 0.2) is 11.5 Å². The number of ether oxygens (including phenoxy) is 2. The van der Waals surface area contributed by atoms with Crippen molar-refractivity contribution in [3.8, 4) is 27.8 Å². The summed E-state index contributed by atoms with van der Waals surface area (Å²) >= 11 is 1.55. The molecule has 1 aliphatic rings. The Morgan fingerprint density at radius 3 is 2.65 bits per heavy atom. The van der Waals surface area contributed by atoms with Crippen LogP contribution in [0.25, 0.3) is 31.7 Å². The summed E-state index contributed by atoms with van der Waals surface area (Å²) in [4.78, 5) is 18.5. The van der Waals surface area contributed by atoms with E-state index in [9.17, 15) is 5.11 Å². The fraction of sp³-hybridized carbons (Fsp3) is 0.300. The normalized spacial score (nSPS) is 14.6. The predicted octanol–water partition coefficient (Wildman–Crippen LogP) is 5.38. The van der Waals surface area contributed by atoms with Crippen molar-refractivity contribution < 1.29 is 14.6 Å². The first-order chi connectivity index (χ1) is 19.6. The zero-order valence-corrected chi connectivity index (χ0v) is 23.4. The molecule has 0 saturated carbocycles. The summed E-state index contributed by atoms with van der Waals surface area (Å²) in [5, 5.41) is 15.6. The fourth-order valence-corrected chi connectivity index (χ4v) is 5.88. The van der Waals surface area contributed by atoms with Gasteiger partial charge in [0, 0.05) is 49.9 Å². The first-order valence-electron chi connectivity index (χ1n) is 13.4. The van der Waals surface area contributed by atoms with Gasteiger partial charge in [0.25, 0.3) is 0 Å². The van der Waals surface area contributed by atoms with Crippen molar-refractivity contribution in [3.63, 3.8) is 0 Å². The van der Waals surface area contributed by atoms with Crippen LogP contribution in [0.4, 0.5) is 11.5 Å². The lowest BCUT2D eigenvalue weighted by Gasteiger charge is -2.32. The van der Waals surface area contributed by atoms with Crippen LogP contribution in [0, 0.1) is 0 Å². The summed E-state index contributed by atoms with van der Waals surface area (Å²) in [6.45, 7) is 6.06. The minimum absolute atomic E-state index is 0.174. The first kappa shape index (κ1) is 26.2. The van der Waals surface area contributed by atoms with Crippen molar-refractivity contribution in [2.45, 2.75) is 6.42 Å². The van der Waals surface area contributed by atoms with Gasteiger partial charge in [0.1, 0.15) is 22.9 Å². The highest BCUT2D eigenvalue weighted by atomic mass is 32.1. The highest BCUT2D eigenvalue weighted by Crippen LogP contribution is 2.39. The zero-order valence-electron chi connectivity index (χ0n) is 22.6. The number of thiazole rings is 1. The molecule has 10 heteroatoms. The van der Waals surface area contributed by atoms with Crippen LogP contribution >= 0.6 is 11.3 Å². The lowest BCUT2D eigenvalue weighted by molar-refractivity contribution is 0.145. The molecule has 40 heavy (non-hydrogen) atoms. The van der Waals surface area contributed by atoms with Gasteiger partial charge in [-0.2, -0.15) is 0 Å². The number of phenolic OH excluding ortho intramolecular Hbond substituents is 1. The molecule has 1 aliphatic heterocycles. The van der Waals surface area contributed by atoms with Gasteiger partial charge in [-0.1, -0.05) is 12.1 Å². The number of para-hydroxylation sites is 1. The van der Waals surface area contributed by atoms with Crippen LogP contribution in [-0.4, -0.2) is 83.3 Å². The van der Waals surface area contributed by atoms with Gasteiger partial charge < -0.3 is 29.7 Å². The van der Waals surface area contributed by atoms with Crippen LogP contribution in [0.2, 0.25) is 0 Å². The Hall–Kier alpha value is -3.99. The van der Waals surface area contributed by atoms with Crippen LogP contribution in [0.5, 0.6) is 17.2 Å². The van der Waals surface area contributed by atoms with Crippen LogP contribution in [0.15, 0.2) is 60.9 Å². The molecule has 0 atom stereocenters. The van der Waals surface area contributed by atoms with Crippen molar-refractivity contribution in [2.75, 3.05) is 58.8 Å². The second kappa shape index (κ2) is 11.6. The Morgan fingerprint density at radius 2 is 1.82 bits per heavy atom. The third-order valence-electron chi connectivity index (χ3n) is 7.18. The minimum atomic E-state index is 0.174. The first-order valence-corrected chi connectivity index (χ1v) is 14.2. The molecule has 3 heterocycles. The Balaban J connectivity index is 1.20. The molecule has 0 unspecified atom stereocenters. The second-order valence-electron chi connectivity index (χ2n) is 9.93. The largest absolute Gasteiger partial charge is 0.507 e. The van der Waals surface area contributed by atoms with Gasteiger partial charge in [-0.25, -0.2) is 15.0 Å². The molecule has 3 aromatic carbocycles. The number of phenols is 1. The predicted molar refractivity (Wildman–Crippen MR) is 160 cm³/mol. The van der Waals surface area contributed by atoms with E-state index >= 15 is 0 Å². The Kier molecular flexibility index (Phi) is 7.63. The molecule has 1 saturated heterocycles. The summed E-state index contributed by atoms with van der Waals surface area (Å²) < 4.78 is 12.9. The lowest BCUT2D eigenvalue weighted by atomic mass is 10.1. The van der Waals surface area contributed by atoms with Crippen LogP contribution in [0.3, 0.4) is 0 Å². The molecule has 2 aromatic heterocycles. The number of likely N-dealkylation sites (N-methyl/N-ethyl adjacent to an activating group) is 1. The van der Waals surface area contributed by atoms with Gasteiger partial charge in [0.2, 0.25) is 0 Å². The van der Waals surface area contributed by atoms with E-state index in [1.54, 1.807) is 24.5 Å². The number of nitrogens with zero attached hydrogens (tertiary/aromatic N) is 5. The topological polar surface area (TPSA) is 95.9 Å². The van der Waals surface area contributed by atoms with E-state index in [2.05, 4.69) is 32.1 Å². The van der Waals surface area contributed by atoms with Crippen LogP contribution in [0.1, 0.15) is 6.42 Å². The van der Waals surface area contributed by atoms with E-state index in [0.717, 1.165) is 71.0 Å². The average Bonchev–Trinajstić information content (AvgIpc) is 3.41. The van der Waals surface area contributed by atoms with Crippen molar-refractivity contribution in [1.29, 1.82) is 0 Å². The van der Waals surface area contributed by atoms with Crippen molar-refractivity contribution >= 4 is 44.0 Å². The summed E-state index contributed by atoms with van der Waals surface area (Å²) in [5.74, 6) is 2.10. The zero-order chi connectivity index (χ0) is 27.5. The smallest absolute Gasteiger partial charge is 0.163 e. The molecule has 2 N–H and O–H groups in total. The number of nitrogens with one attached hydrogen (secondary N) is 1. The standard InChI is InChI=1S/C30H32N6O3S/c1-35-11-13-36(14-12-35)10-5-15-39-27-18-24-21(17-26(27)38-2)29(32-19-31-24)33-20-8-9-25(37)22(16-20)30-34-23-6-3-4-7-28(23)40-30/h3-4,6-9,16-19,37H,5,10-15H2,1-2H3,(H,31,32,33). The molecule has 5 aromatic rings. The van der Waals surface area contributed by atoms with Gasteiger partial charge in [0.05, 0.1) is 35.0 Å². The SMILES string of the molecule is COc1cc2c(Nc3ccc(O)c(-c4nc5ccccc5s4)c3)ncnc2cc1OCCCN1CCN(C)CC1. The lowest BCUT2D eigenvalue weighted by Crippen LogP contribution is -2.44. The average molecular weight is 557 g/mol. The molecule has 0 radical (unpaired) electrons. The molecule has 9 nitrogen and oxygen atoms in total. The summed E-state index contributed by atoms with van der Waals surface area (Å²) in [6.07, 6.45) is 2.47. The van der Waals surface area contributed by atoms with E-state index in [1.807, 2.05) is 48.5 Å². The van der Waals surface area contributed by atoms with Crippen molar-refractivity contribution in [2.24, 2.45) is 0 Å². The Morgan fingerprint density at radius 1 is 0.975 bits per heavy atom. The molecule has 0 bridgehead atoms. The van der Waals surface area contributed by atoms with E-state index in [1.165, 1.54) is 6.33 Å². The summed E-state index contributed by atoms with van der Waals surface area (Å²) in [6, 6.07) is 17.1. The Bertz CT molecular complexity index is 1600. The van der Waals surface area contributed by atoms with E-state index in [4.69, 9.17) is 14.5 Å². The van der Waals surface area contributed by atoms with E-state index < -0.39 is 0 Å². The third kappa shape index (κ3) is 5.65. The maximum atomic E-state index is 10.6. The van der Waals surface area contributed by atoms with Crippen LogP contribution < -0.4 is 14.8 Å². The maximum absolute atomic E-state index is 10.6. The van der Waals surface area contributed by atoms with Crippen LogP contribution in [-0.2, 0) is 0 Å². The molecule has 0 amide bonds. The van der Waals surface area contributed by atoms with E-state index in [0.29, 0.717) is 29.5 Å². The van der Waals surface area contributed by atoms with Gasteiger partial charge in [-0.15, -0.1) is 11.3 Å². The summed E-state index contributed by atoms with van der Waals surface area (Å²) in [5.41, 5.74) is 3.09. The fourth-order valence-electron chi connectivity index (χ4n) is 4.89. The van der Waals surface area contributed by atoms with Gasteiger partial charge in [-0.05, 0) is 49.9 Å². The number of methoxy groups -OCH3 is 1. The summed E-state index contributed by atoms with van der Waals surface area (Å²) in [7, 11) is 3.81. The number of rotatable bonds is 9. The number of fused-ring (bicyclic) bond motifs is 2. The molecule has 1 fully saturated rings. The maximum Gasteiger partial charge on any atom is 0.163 e. The van der Waals surface area contributed by atoms with E-state index in [-0.39, 0.29) is 5.75 Å². The molecule has 6 rings (SSSR count). The molecule has 0 aliphatic carbocycles. The minimum Gasteiger partial charge on any atom is -0.507 e. The highest BCUT2D eigenvalue weighted by molar-refractivity contribution is 7.21. The second-order valence-corrected chi connectivity index (χ2v) is 11.0. The number of anilines is 2. The number of hydrogen-bond donors (Lipinski definition) is 2. The number of hydrogen-bond acceptors (Lipinski definition) is 10. The highest BCUT2D eigenvalue weighted by Gasteiger charge is 2.16. The van der Waals surface area contributed by atoms with Gasteiger partial charge >= 0.3 is 0 Å². The number of aromatic hydroxyl groups is 1. The molecular weight excluding hydrogens is 524 g/mol. The monoisotopic (exact) mass is 556 g/mol. The number of benzene rings is 3. The quantitative estimate of drug-likeness (QED) is 0.183. The molecule has 206 valence electrons. The van der Waals surface area contributed by atoms with Crippen molar-refractivity contribution in [3.05, 3.63) is 60.9 Å². The Labute approximate surface area is 237 Å². The van der Waals surface area contributed by atoms with Crippen molar-refractivity contribution in [1.82, 2.24) is 24.8 Å². The van der Waals surface area contributed by atoms with Gasteiger partial charge in [-0.3, -0.25) is 0 Å². The number of aromatic nitrogens is 3. The number of piperazine rings is 1. The molecule has 0 spiro atoms. The third-order valence-corrected chi connectivity index (χ3v) is 8.25.